The Bertz CT molecular complexity index is 1520. The minimum absolute atomic E-state index is 0.0311. The number of anilines is 2. The van der Waals surface area contributed by atoms with Crippen LogP contribution in [0.1, 0.15) is 31.1 Å². The Morgan fingerprint density at radius 1 is 1.00 bits per heavy atom. The molecule has 0 fully saturated rings. The summed E-state index contributed by atoms with van der Waals surface area (Å²) in [5.41, 5.74) is 1.72. The molecule has 1 aromatic carbocycles. The molecule has 0 saturated carbocycles. The highest BCUT2D eigenvalue weighted by Gasteiger charge is 2.26. The van der Waals surface area contributed by atoms with E-state index in [2.05, 4.69) is 19.7 Å². The van der Waals surface area contributed by atoms with Gasteiger partial charge in [-0.2, -0.15) is 5.10 Å². The van der Waals surface area contributed by atoms with Gasteiger partial charge in [0.1, 0.15) is 10.6 Å². The fourth-order valence-corrected chi connectivity index (χ4v) is 6.07. The molecule has 0 amide bonds. The summed E-state index contributed by atoms with van der Waals surface area (Å²) in [7, 11) is -7.95. The summed E-state index contributed by atoms with van der Waals surface area (Å²) >= 11 is 1.39. The summed E-state index contributed by atoms with van der Waals surface area (Å²) in [5, 5.41) is 10.0. The van der Waals surface area contributed by atoms with Crippen molar-refractivity contribution in [2.75, 3.05) is 9.44 Å². The molecule has 0 saturated heterocycles. The number of aryl methyl sites for hydroxylation is 1. The quantitative estimate of drug-likeness (QED) is 0.351. The van der Waals surface area contributed by atoms with Crippen LogP contribution in [-0.4, -0.2) is 31.8 Å². The van der Waals surface area contributed by atoms with Gasteiger partial charge in [0.25, 0.3) is 20.0 Å². The Labute approximate surface area is 201 Å². The van der Waals surface area contributed by atoms with Gasteiger partial charge in [0.05, 0.1) is 15.5 Å². The Hall–Kier alpha value is -3.16. The van der Waals surface area contributed by atoms with Crippen molar-refractivity contribution in [3.63, 3.8) is 0 Å². The van der Waals surface area contributed by atoms with E-state index in [-0.39, 0.29) is 27.4 Å². The van der Waals surface area contributed by atoms with Crippen LogP contribution in [0.25, 0.3) is 10.6 Å². The molecule has 3 heterocycles. The van der Waals surface area contributed by atoms with E-state index < -0.39 is 20.0 Å². The number of nitrogens with one attached hydrogen (secondary N) is 2. The van der Waals surface area contributed by atoms with Crippen LogP contribution in [0.2, 0.25) is 0 Å². The van der Waals surface area contributed by atoms with E-state index in [1.165, 1.54) is 41.8 Å². The number of rotatable bonds is 8. The first-order chi connectivity index (χ1) is 16.0. The number of sulfonamides is 2. The zero-order valence-corrected chi connectivity index (χ0v) is 21.3. The van der Waals surface area contributed by atoms with Crippen LogP contribution in [0.15, 0.2) is 62.3 Å². The third-order valence-electron chi connectivity index (χ3n) is 5.07. The Kier molecular flexibility index (Phi) is 6.27. The molecule has 13 heteroatoms. The molecule has 34 heavy (non-hydrogen) atoms. The minimum atomic E-state index is -4.00. The first-order valence-electron chi connectivity index (χ1n) is 10.2. The predicted octanol–water partition coefficient (Wildman–Crippen LogP) is 4.40. The number of nitrogens with zero attached hydrogens (tertiary/aromatic N) is 3. The summed E-state index contributed by atoms with van der Waals surface area (Å²) in [6.07, 6.45) is 1.49. The molecule has 0 aliphatic heterocycles. The van der Waals surface area contributed by atoms with Gasteiger partial charge >= 0.3 is 0 Å². The summed E-state index contributed by atoms with van der Waals surface area (Å²) in [5.74, 6) is 0.0329. The molecule has 0 aliphatic carbocycles. The maximum absolute atomic E-state index is 13.2. The molecule has 4 rings (SSSR count). The van der Waals surface area contributed by atoms with Gasteiger partial charge in [-0.25, -0.2) is 21.6 Å². The van der Waals surface area contributed by atoms with Gasteiger partial charge in [0.15, 0.2) is 0 Å². The van der Waals surface area contributed by atoms with E-state index in [1.54, 1.807) is 24.6 Å². The van der Waals surface area contributed by atoms with Crippen molar-refractivity contribution in [3.8, 4) is 10.6 Å². The fraction of sp³-hybridized carbons (Fsp3) is 0.238. The standard InChI is InChI=1S/C21H23N5O5S3/c1-13(2)26-12-19(20(22-26)18-6-5-11-32-18)34(29,30)24-16-7-9-17(10-8-16)33(27,28)25-21-14(3)15(4)23-31-21/h5-13,24-25H,1-4H3. The molecule has 0 aliphatic rings. The number of hydrogen-bond donors (Lipinski definition) is 2. The average Bonchev–Trinajstić information content (AvgIpc) is 3.51. The second kappa shape index (κ2) is 8.89. The Morgan fingerprint density at radius 2 is 1.71 bits per heavy atom. The monoisotopic (exact) mass is 521 g/mol. The molecule has 3 aromatic heterocycles. The highest BCUT2D eigenvalue weighted by Crippen LogP contribution is 2.32. The van der Waals surface area contributed by atoms with Gasteiger partial charge in [-0.1, -0.05) is 11.2 Å². The lowest BCUT2D eigenvalue weighted by Crippen LogP contribution is -2.15. The van der Waals surface area contributed by atoms with Crippen LogP contribution in [0.4, 0.5) is 11.6 Å². The SMILES string of the molecule is Cc1noc(NS(=O)(=O)c2ccc(NS(=O)(=O)c3cn(C(C)C)nc3-c3cccs3)cc2)c1C. The molecule has 0 spiro atoms. The van der Waals surface area contributed by atoms with Crippen LogP contribution in [0.5, 0.6) is 0 Å². The number of aromatic nitrogens is 3. The van der Waals surface area contributed by atoms with Crippen LogP contribution >= 0.6 is 11.3 Å². The summed E-state index contributed by atoms with van der Waals surface area (Å²) in [6, 6.07) is 8.96. The summed E-state index contributed by atoms with van der Waals surface area (Å²) < 4.78 is 63.2. The van der Waals surface area contributed by atoms with E-state index in [4.69, 9.17) is 4.52 Å². The molecule has 0 bridgehead atoms. The van der Waals surface area contributed by atoms with Gasteiger partial charge < -0.3 is 4.52 Å². The maximum Gasteiger partial charge on any atom is 0.265 e. The molecular weight excluding hydrogens is 498 g/mol. The molecule has 2 N–H and O–H groups in total. The highest BCUT2D eigenvalue weighted by molar-refractivity contribution is 7.93. The van der Waals surface area contributed by atoms with Crippen LogP contribution in [0.3, 0.4) is 0 Å². The van der Waals surface area contributed by atoms with E-state index in [9.17, 15) is 16.8 Å². The van der Waals surface area contributed by atoms with Crippen molar-refractivity contribution in [2.24, 2.45) is 0 Å². The van der Waals surface area contributed by atoms with Crippen molar-refractivity contribution >= 4 is 43.0 Å². The largest absolute Gasteiger partial charge is 0.337 e. The zero-order valence-electron chi connectivity index (χ0n) is 18.8. The summed E-state index contributed by atoms with van der Waals surface area (Å²) in [4.78, 5) is 0.708. The predicted molar refractivity (Wildman–Crippen MR) is 130 cm³/mol. The third-order valence-corrected chi connectivity index (χ3v) is 8.68. The number of benzene rings is 1. The molecule has 10 nitrogen and oxygen atoms in total. The second-order valence-corrected chi connectivity index (χ2v) is 12.1. The summed E-state index contributed by atoms with van der Waals surface area (Å²) in [6.45, 7) is 7.20. The third kappa shape index (κ3) is 4.72. The normalized spacial score (nSPS) is 12.3. The Morgan fingerprint density at radius 3 is 2.26 bits per heavy atom. The van der Waals surface area contributed by atoms with Crippen molar-refractivity contribution in [1.29, 1.82) is 0 Å². The van der Waals surface area contributed by atoms with Crippen molar-refractivity contribution in [3.05, 3.63) is 59.2 Å². The molecule has 4 aromatic rings. The lowest BCUT2D eigenvalue weighted by Gasteiger charge is -2.09. The average molecular weight is 522 g/mol. The molecule has 0 atom stereocenters. The molecule has 0 radical (unpaired) electrons. The lowest BCUT2D eigenvalue weighted by molar-refractivity contribution is 0.430. The lowest BCUT2D eigenvalue weighted by atomic mass is 10.3. The van der Waals surface area contributed by atoms with E-state index in [0.717, 1.165) is 4.88 Å². The zero-order chi connectivity index (χ0) is 24.7. The highest BCUT2D eigenvalue weighted by atomic mass is 32.2. The number of thiophene rings is 1. The van der Waals surface area contributed by atoms with E-state index in [1.807, 2.05) is 25.3 Å². The Balaban J connectivity index is 1.60. The van der Waals surface area contributed by atoms with Gasteiger partial charge in [-0.05, 0) is 63.4 Å². The van der Waals surface area contributed by atoms with Gasteiger partial charge in [0, 0.05) is 23.5 Å². The first kappa shape index (κ1) is 24.0. The maximum atomic E-state index is 13.2. The van der Waals surface area contributed by atoms with Gasteiger partial charge in [0.2, 0.25) is 5.88 Å². The van der Waals surface area contributed by atoms with Gasteiger partial charge in [-0.3, -0.25) is 9.40 Å². The first-order valence-corrected chi connectivity index (χ1v) is 14.0. The van der Waals surface area contributed by atoms with Crippen LogP contribution < -0.4 is 9.44 Å². The van der Waals surface area contributed by atoms with Crippen molar-refractivity contribution in [2.45, 2.75) is 43.5 Å². The number of hydrogen-bond acceptors (Lipinski definition) is 8. The van der Waals surface area contributed by atoms with Crippen LogP contribution in [0, 0.1) is 13.8 Å². The van der Waals surface area contributed by atoms with Gasteiger partial charge in [-0.15, -0.1) is 11.3 Å². The second-order valence-electron chi connectivity index (χ2n) is 7.85. The molecular formula is C21H23N5O5S3. The van der Waals surface area contributed by atoms with Crippen molar-refractivity contribution < 1.29 is 21.4 Å². The van der Waals surface area contributed by atoms with Crippen LogP contribution in [-0.2, 0) is 20.0 Å². The smallest absolute Gasteiger partial charge is 0.265 e. The minimum Gasteiger partial charge on any atom is -0.337 e. The van der Waals surface area contributed by atoms with E-state index in [0.29, 0.717) is 17.0 Å². The topological polar surface area (TPSA) is 136 Å². The molecule has 0 unspecified atom stereocenters. The molecule has 180 valence electrons. The van der Waals surface area contributed by atoms with Crippen molar-refractivity contribution in [1.82, 2.24) is 14.9 Å². The fourth-order valence-electron chi connectivity index (χ4n) is 3.02. The van der Waals surface area contributed by atoms with E-state index >= 15 is 0 Å².